The minimum atomic E-state index is -3.33. The summed E-state index contributed by atoms with van der Waals surface area (Å²) >= 11 is 0. The molecule has 1 amide bonds. The van der Waals surface area contributed by atoms with Gasteiger partial charge in [0.2, 0.25) is 15.9 Å². The Hall–Kier alpha value is -1.47. The van der Waals surface area contributed by atoms with E-state index in [0.29, 0.717) is 26.1 Å². The number of fused-ring (bicyclic) bond motifs is 1. The molecule has 1 aromatic heterocycles. The van der Waals surface area contributed by atoms with Crippen molar-refractivity contribution in [1.29, 1.82) is 0 Å². The number of nitrogens with zero attached hydrogens (tertiary/aromatic N) is 3. The molecule has 0 aromatic carbocycles. The highest BCUT2D eigenvalue weighted by atomic mass is 32.2. The molecule has 1 atom stereocenters. The summed E-state index contributed by atoms with van der Waals surface area (Å²) in [6.07, 6.45) is 4.33. The molecule has 1 aromatic rings. The molecule has 6 nitrogen and oxygen atoms in total. The summed E-state index contributed by atoms with van der Waals surface area (Å²) in [6.45, 7) is 3.44. The van der Waals surface area contributed by atoms with Crippen LogP contribution in [0.2, 0.25) is 0 Å². The Bertz CT molecular complexity index is 687. The fourth-order valence-electron chi connectivity index (χ4n) is 3.15. The molecule has 0 radical (unpaired) electrons. The van der Waals surface area contributed by atoms with Crippen LogP contribution in [0, 0.1) is 6.92 Å². The highest BCUT2D eigenvalue weighted by Crippen LogP contribution is 2.27. The molecular weight excluding hydrogens is 290 g/mol. The van der Waals surface area contributed by atoms with Crippen LogP contribution in [0.1, 0.15) is 29.7 Å². The third-order valence-corrected chi connectivity index (χ3v) is 5.46. The standard InChI is InChI=1S/C14H19N3O3S/c1-10-6-11-8-16(9-12(11)7-15-10)14(18)13-4-3-5-17(13)21(2,19)20/h6-7,13H,3-5,8-9H2,1-2H3/t13-/m0/s1. The zero-order valence-electron chi connectivity index (χ0n) is 12.2. The minimum absolute atomic E-state index is 0.0909. The van der Waals surface area contributed by atoms with Crippen molar-refractivity contribution in [3.05, 3.63) is 29.1 Å². The summed E-state index contributed by atoms with van der Waals surface area (Å²) in [4.78, 5) is 18.6. The van der Waals surface area contributed by atoms with Crippen molar-refractivity contribution in [1.82, 2.24) is 14.2 Å². The fraction of sp³-hybridized carbons (Fsp3) is 0.571. The fourth-order valence-corrected chi connectivity index (χ4v) is 4.27. The van der Waals surface area contributed by atoms with Crippen molar-refractivity contribution < 1.29 is 13.2 Å². The summed E-state index contributed by atoms with van der Waals surface area (Å²) < 4.78 is 24.9. The Morgan fingerprint density at radius 3 is 2.76 bits per heavy atom. The molecule has 0 aliphatic carbocycles. The van der Waals surface area contributed by atoms with Gasteiger partial charge in [-0.3, -0.25) is 9.78 Å². The predicted octanol–water partition coefficient (Wildman–Crippen LogP) is 0.656. The molecular formula is C14H19N3O3S. The van der Waals surface area contributed by atoms with E-state index in [4.69, 9.17) is 0 Å². The lowest BCUT2D eigenvalue weighted by molar-refractivity contribution is -0.135. The molecule has 0 N–H and O–H groups in total. The summed E-state index contributed by atoms with van der Waals surface area (Å²) in [6, 6.07) is 1.45. The second-order valence-corrected chi connectivity index (χ2v) is 7.76. The zero-order valence-corrected chi connectivity index (χ0v) is 13.1. The van der Waals surface area contributed by atoms with Crippen LogP contribution in [-0.4, -0.2) is 47.4 Å². The quantitative estimate of drug-likeness (QED) is 0.804. The van der Waals surface area contributed by atoms with Gasteiger partial charge in [-0.1, -0.05) is 0 Å². The summed E-state index contributed by atoms with van der Waals surface area (Å²) in [5.41, 5.74) is 3.10. The van der Waals surface area contributed by atoms with E-state index in [0.717, 1.165) is 23.2 Å². The Morgan fingerprint density at radius 1 is 1.33 bits per heavy atom. The largest absolute Gasteiger partial charge is 0.333 e. The van der Waals surface area contributed by atoms with Crippen molar-refractivity contribution in [2.75, 3.05) is 12.8 Å². The van der Waals surface area contributed by atoms with E-state index < -0.39 is 16.1 Å². The number of sulfonamides is 1. The number of carbonyl (C=O) groups excluding carboxylic acids is 1. The Labute approximate surface area is 124 Å². The van der Waals surface area contributed by atoms with Gasteiger partial charge < -0.3 is 4.90 Å². The van der Waals surface area contributed by atoms with Gasteiger partial charge in [-0.05, 0) is 37.0 Å². The van der Waals surface area contributed by atoms with Gasteiger partial charge >= 0.3 is 0 Å². The third-order valence-electron chi connectivity index (χ3n) is 4.17. The highest BCUT2D eigenvalue weighted by molar-refractivity contribution is 7.88. The number of aryl methyl sites for hydroxylation is 1. The van der Waals surface area contributed by atoms with Gasteiger partial charge in [0, 0.05) is 31.5 Å². The molecule has 1 fully saturated rings. The zero-order chi connectivity index (χ0) is 15.2. The number of pyridine rings is 1. The van der Waals surface area contributed by atoms with Crippen LogP contribution in [0.25, 0.3) is 0 Å². The number of carbonyl (C=O) groups is 1. The monoisotopic (exact) mass is 309 g/mol. The first-order valence-corrected chi connectivity index (χ1v) is 8.91. The highest BCUT2D eigenvalue weighted by Gasteiger charge is 2.39. The number of aromatic nitrogens is 1. The second kappa shape index (κ2) is 5.06. The van der Waals surface area contributed by atoms with E-state index in [9.17, 15) is 13.2 Å². The van der Waals surface area contributed by atoms with Crippen molar-refractivity contribution >= 4 is 15.9 Å². The predicted molar refractivity (Wildman–Crippen MR) is 77.8 cm³/mol. The first kappa shape index (κ1) is 14.5. The summed E-state index contributed by atoms with van der Waals surface area (Å²) in [5, 5.41) is 0. The third kappa shape index (κ3) is 2.67. The Kier molecular flexibility index (Phi) is 3.49. The molecule has 0 unspecified atom stereocenters. The summed E-state index contributed by atoms with van der Waals surface area (Å²) in [5.74, 6) is -0.0909. The van der Waals surface area contributed by atoms with Gasteiger partial charge in [-0.25, -0.2) is 8.42 Å². The van der Waals surface area contributed by atoms with Gasteiger partial charge in [-0.2, -0.15) is 4.31 Å². The number of amides is 1. The van der Waals surface area contributed by atoms with Crippen LogP contribution in [0.5, 0.6) is 0 Å². The van der Waals surface area contributed by atoms with E-state index in [1.807, 2.05) is 13.0 Å². The van der Waals surface area contributed by atoms with Gasteiger partial charge in [0.05, 0.1) is 6.26 Å². The molecule has 1 saturated heterocycles. The Balaban J connectivity index is 1.79. The minimum Gasteiger partial charge on any atom is -0.333 e. The van der Waals surface area contributed by atoms with Gasteiger partial charge in [-0.15, -0.1) is 0 Å². The van der Waals surface area contributed by atoms with E-state index in [2.05, 4.69) is 4.98 Å². The smallest absolute Gasteiger partial charge is 0.241 e. The molecule has 0 spiro atoms. The lowest BCUT2D eigenvalue weighted by Gasteiger charge is -2.25. The second-order valence-electron chi connectivity index (χ2n) is 5.82. The van der Waals surface area contributed by atoms with Crippen LogP contribution < -0.4 is 0 Å². The molecule has 3 heterocycles. The Morgan fingerprint density at radius 2 is 2.05 bits per heavy atom. The van der Waals surface area contributed by atoms with Gasteiger partial charge in [0.25, 0.3) is 0 Å². The molecule has 0 saturated carbocycles. The van der Waals surface area contributed by atoms with Crippen molar-refractivity contribution in [3.63, 3.8) is 0 Å². The van der Waals surface area contributed by atoms with Crippen molar-refractivity contribution in [3.8, 4) is 0 Å². The molecule has 0 bridgehead atoms. The van der Waals surface area contributed by atoms with Crippen LogP contribution in [-0.2, 0) is 27.9 Å². The molecule has 3 rings (SSSR count). The first-order valence-electron chi connectivity index (χ1n) is 7.06. The van der Waals surface area contributed by atoms with Crippen LogP contribution in [0.4, 0.5) is 0 Å². The van der Waals surface area contributed by atoms with Crippen molar-refractivity contribution in [2.24, 2.45) is 0 Å². The summed E-state index contributed by atoms with van der Waals surface area (Å²) in [7, 11) is -3.33. The van der Waals surface area contributed by atoms with Crippen LogP contribution in [0.15, 0.2) is 12.3 Å². The van der Waals surface area contributed by atoms with E-state index in [1.54, 1.807) is 11.1 Å². The average Bonchev–Trinajstić information content (AvgIpc) is 3.02. The van der Waals surface area contributed by atoms with E-state index >= 15 is 0 Å². The molecule has 2 aliphatic rings. The lowest BCUT2D eigenvalue weighted by atomic mass is 10.2. The normalized spacial score (nSPS) is 22.6. The van der Waals surface area contributed by atoms with Crippen LogP contribution >= 0.6 is 0 Å². The van der Waals surface area contributed by atoms with Gasteiger partial charge in [0.1, 0.15) is 6.04 Å². The van der Waals surface area contributed by atoms with Gasteiger partial charge in [0.15, 0.2) is 0 Å². The van der Waals surface area contributed by atoms with Crippen LogP contribution in [0.3, 0.4) is 0 Å². The SMILES string of the molecule is Cc1cc2c(cn1)CN(C(=O)[C@@H]1CCCN1S(C)(=O)=O)C2. The van der Waals surface area contributed by atoms with E-state index in [-0.39, 0.29) is 5.91 Å². The molecule has 21 heavy (non-hydrogen) atoms. The number of rotatable bonds is 2. The maximum absolute atomic E-state index is 12.7. The van der Waals surface area contributed by atoms with Crippen molar-refractivity contribution in [2.45, 2.75) is 38.9 Å². The maximum Gasteiger partial charge on any atom is 0.241 e. The molecule has 2 aliphatic heterocycles. The molecule has 7 heteroatoms. The number of hydrogen-bond acceptors (Lipinski definition) is 4. The molecule has 114 valence electrons. The number of hydrogen-bond donors (Lipinski definition) is 0. The maximum atomic E-state index is 12.7. The van der Waals surface area contributed by atoms with E-state index in [1.165, 1.54) is 10.6 Å². The first-order chi connectivity index (χ1) is 9.86. The average molecular weight is 309 g/mol. The lowest BCUT2D eigenvalue weighted by Crippen LogP contribution is -2.45. The topological polar surface area (TPSA) is 70.6 Å².